The van der Waals surface area contributed by atoms with Gasteiger partial charge in [-0.1, -0.05) is 0 Å². The van der Waals surface area contributed by atoms with Gasteiger partial charge in [0.1, 0.15) is 17.8 Å². The van der Waals surface area contributed by atoms with Crippen molar-refractivity contribution < 1.29 is 14.0 Å². The SMILES string of the molecule is CCN1C(=O)Nc2c(F)c(CN3CCN(c4ccc(C(=O)NCCC#N)nc4C)CC3)cc3ncnc1c23. The number of hydrogen-bond donors (Lipinski definition) is 2. The molecule has 2 N–H and O–H groups in total. The van der Waals surface area contributed by atoms with Crippen molar-refractivity contribution in [2.75, 3.05) is 54.4 Å². The van der Waals surface area contributed by atoms with E-state index in [0.29, 0.717) is 67.2 Å². The van der Waals surface area contributed by atoms with Gasteiger partial charge in [-0.15, -0.1) is 0 Å². The molecule has 3 aromatic rings. The lowest BCUT2D eigenvalue weighted by atomic mass is 10.1. The van der Waals surface area contributed by atoms with Crippen LogP contribution in [-0.4, -0.2) is 71.1 Å². The molecule has 0 radical (unpaired) electrons. The Balaban J connectivity index is 1.28. The average Bonchev–Trinajstić information content (AvgIpc) is 2.92. The number of rotatable bonds is 7. The summed E-state index contributed by atoms with van der Waals surface area (Å²) in [7, 11) is 0. The smallest absolute Gasteiger partial charge is 0.327 e. The fourth-order valence-electron chi connectivity index (χ4n) is 4.96. The topological polar surface area (TPSA) is 130 Å². The molecule has 0 saturated carbocycles. The van der Waals surface area contributed by atoms with E-state index >= 15 is 4.39 Å². The Hall–Kier alpha value is -4.37. The summed E-state index contributed by atoms with van der Waals surface area (Å²) in [6.07, 6.45) is 1.65. The van der Waals surface area contributed by atoms with E-state index in [-0.39, 0.29) is 24.6 Å². The van der Waals surface area contributed by atoms with Gasteiger partial charge in [-0.25, -0.2) is 24.1 Å². The molecule has 1 saturated heterocycles. The number of pyridine rings is 1. The van der Waals surface area contributed by atoms with Crippen LogP contribution in [0, 0.1) is 24.1 Å². The minimum atomic E-state index is -0.455. The maximum absolute atomic E-state index is 15.6. The minimum absolute atomic E-state index is 0.139. The van der Waals surface area contributed by atoms with Crippen LogP contribution in [0.2, 0.25) is 0 Å². The maximum Gasteiger partial charge on any atom is 0.327 e. The van der Waals surface area contributed by atoms with Crippen LogP contribution in [0.4, 0.5) is 26.4 Å². The van der Waals surface area contributed by atoms with E-state index in [1.807, 2.05) is 26.0 Å². The highest BCUT2D eigenvalue weighted by molar-refractivity contribution is 6.17. The Kier molecular flexibility index (Phi) is 7.02. The van der Waals surface area contributed by atoms with Crippen molar-refractivity contribution in [1.29, 1.82) is 5.26 Å². The number of aryl methyl sites for hydroxylation is 1. The monoisotopic (exact) mass is 517 g/mol. The second-order valence-electron chi connectivity index (χ2n) is 9.22. The second-order valence-corrected chi connectivity index (χ2v) is 9.22. The van der Waals surface area contributed by atoms with Crippen LogP contribution in [0.15, 0.2) is 24.5 Å². The third-order valence-electron chi connectivity index (χ3n) is 6.89. The number of nitrogens with zero attached hydrogens (tertiary/aromatic N) is 7. The standard InChI is InChI=1S/C26H28FN9O2/c1-3-36-24-21-19(30-15-31-24)13-17(22(27)23(21)33-26(36)38)14-34-9-11-35(12-10-34)20-6-5-18(32-16(20)2)25(37)29-8-4-7-28/h5-6,13,15H,3-4,8-12,14H2,1-2H3,(H,29,37)(H,33,38). The van der Waals surface area contributed by atoms with Gasteiger partial charge in [0.2, 0.25) is 0 Å². The highest BCUT2D eigenvalue weighted by atomic mass is 19.1. The molecule has 0 aliphatic carbocycles. The zero-order chi connectivity index (χ0) is 26.8. The number of carbonyl (C=O) groups is 2. The van der Waals surface area contributed by atoms with E-state index < -0.39 is 11.8 Å². The molecular formula is C26H28FN9O2. The molecule has 38 heavy (non-hydrogen) atoms. The lowest BCUT2D eigenvalue weighted by Crippen LogP contribution is -2.46. The molecule has 0 unspecified atom stereocenters. The zero-order valence-electron chi connectivity index (χ0n) is 21.3. The molecule has 1 aromatic carbocycles. The minimum Gasteiger partial charge on any atom is -0.368 e. The first kappa shape index (κ1) is 25.3. The van der Waals surface area contributed by atoms with E-state index in [1.165, 1.54) is 11.2 Å². The predicted octanol–water partition coefficient (Wildman–Crippen LogP) is 2.81. The summed E-state index contributed by atoms with van der Waals surface area (Å²) in [4.78, 5) is 43.6. The molecule has 1 fully saturated rings. The molecule has 2 aromatic heterocycles. The number of urea groups is 1. The first-order valence-electron chi connectivity index (χ1n) is 12.6. The van der Waals surface area contributed by atoms with Crippen LogP contribution >= 0.6 is 0 Å². The molecule has 0 bridgehead atoms. The summed E-state index contributed by atoms with van der Waals surface area (Å²) in [5, 5.41) is 14.5. The van der Waals surface area contributed by atoms with Crippen molar-refractivity contribution in [1.82, 2.24) is 25.2 Å². The van der Waals surface area contributed by atoms with Crippen molar-refractivity contribution in [3.05, 3.63) is 47.3 Å². The van der Waals surface area contributed by atoms with E-state index in [4.69, 9.17) is 5.26 Å². The second kappa shape index (κ2) is 10.5. The molecule has 12 heteroatoms. The van der Waals surface area contributed by atoms with Crippen molar-refractivity contribution in [2.24, 2.45) is 0 Å². The van der Waals surface area contributed by atoms with E-state index in [9.17, 15) is 9.59 Å². The average molecular weight is 518 g/mol. The summed E-state index contributed by atoms with van der Waals surface area (Å²) < 4.78 is 15.6. The number of benzene rings is 1. The van der Waals surface area contributed by atoms with Crippen molar-refractivity contribution in [3.8, 4) is 6.07 Å². The molecule has 3 amide bonds. The first-order chi connectivity index (χ1) is 18.4. The van der Waals surface area contributed by atoms with Crippen LogP contribution in [0.3, 0.4) is 0 Å². The lowest BCUT2D eigenvalue weighted by Gasteiger charge is -2.37. The number of hydrogen-bond acceptors (Lipinski definition) is 8. The van der Waals surface area contributed by atoms with Gasteiger partial charge in [-0.3, -0.25) is 14.6 Å². The summed E-state index contributed by atoms with van der Waals surface area (Å²) in [5.41, 5.74) is 3.22. The molecule has 2 aliphatic heterocycles. The molecule has 0 spiro atoms. The molecule has 4 heterocycles. The Labute approximate surface area is 219 Å². The highest BCUT2D eigenvalue weighted by Crippen LogP contribution is 2.38. The van der Waals surface area contributed by atoms with Crippen molar-refractivity contribution in [2.45, 2.75) is 26.8 Å². The third-order valence-corrected chi connectivity index (χ3v) is 6.89. The zero-order valence-corrected chi connectivity index (χ0v) is 21.3. The maximum atomic E-state index is 15.6. The number of amides is 3. The Morgan fingerprint density at radius 3 is 2.74 bits per heavy atom. The third kappa shape index (κ3) is 4.68. The number of aromatic nitrogens is 3. The Morgan fingerprint density at radius 2 is 2.03 bits per heavy atom. The Bertz CT molecular complexity index is 1450. The van der Waals surface area contributed by atoms with Gasteiger partial charge in [0.05, 0.1) is 40.5 Å². The van der Waals surface area contributed by atoms with Crippen LogP contribution in [0.5, 0.6) is 0 Å². The van der Waals surface area contributed by atoms with Gasteiger partial charge in [-0.05, 0) is 32.0 Å². The van der Waals surface area contributed by atoms with Gasteiger partial charge in [0.15, 0.2) is 5.82 Å². The molecule has 0 atom stereocenters. The molecule has 5 rings (SSSR count). The van der Waals surface area contributed by atoms with E-state index in [2.05, 4.69) is 35.4 Å². The number of carbonyl (C=O) groups excluding carboxylic acids is 2. The van der Waals surface area contributed by atoms with Crippen LogP contribution < -0.4 is 20.4 Å². The number of halogens is 1. The largest absolute Gasteiger partial charge is 0.368 e. The first-order valence-corrected chi connectivity index (χ1v) is 12.6. The summed E-state index contributed by atoms with van der Waals surface area (Å²) in [6.45, 7) is 7.63. The predicted molar refractivity (Wildman–Crippen MR) is 141 cm³/mol. The van der Waals surface area contributed by atoms with Gasteiger partial charge in [0, 0.05) is 51.4 Å². The fraction of sp³-hybridized carbons (Fsp3) is 0.385. The number of piperazine rings is 1. The quantitative estimate of drug-likeness (QED) is 0.458. The molecule has 2 aliphatic rings. The number of nitriles is 1. The summed E-state index contributed by atoms with van der Waals surface area (Å²) in [5.74, 6) is -0.333. The van der Waals surface area contributed by atoms with E-state index in [0.717, 1.165) is 11.4 Å². The van der Waals surface area contributed by atoms with Gasteiger partial charge in [0.25, 0.3) is 5.91 Å². The Morgan fingerprint density at radius 1 is 1.24 bits per heavy atom. The summed E-state index contributed by atoms with van der Waals surface area (Å²) in [6, 6.07) is 6.92. The molecule has 11 nitrogen and oxygen atoms in total. The molecular weight excluding hydrogens is 489 g/mol. The van der Waals surface area contributed by atoms with E-state index in [1.54, 1.807) is 12.1 Å². The number of nitrogens with one attached hydrogen (secondary N) is 2. The van der Waals surface area contributed by atoms with Gasteiger partial charge >= 0.3 is 6.03 Å². The normalized spacial score (nSPS) is 15.4. The van der Waals surface area contributed by atoms with Gasteiger partial charge in [-0.2, -0.15) is 5.26 Å². The lowest BCUT2D eigenvalue weighted by molar-refractivity contribution is 0.0949. The fourth-order valence-corrected chi connectivity index (χ4v) is 4.96. The van der Waals surface area contributed by atoms with Crippen molar-refractivity contribution in [3.63, 3.8) is 0 Å². The van der Waals surface area contributed by atoms with Crippen LogP contribution in [0.25, 0.3) is 10.9 Å². The molecule has 196 valence electrons. The number of anilines is 3. The summed E-state index contributed by atoms with van der Waals surface area (Å²) >= 11 is 0. The van der Waals surface area contributed by atoms with Crippen LogP contribution in [-0.2, 0) is 6.54 Å². The van der Waals surface area contributed by atoms with Crippen molar-refractivity contribution >= 4 is 40.0 Å². The van der Waals surface area contributed by atoms with Crippen LogP contribution in [0.1, 0.15) is 35.1 Å². The highest BCUT2D eigenvalue weighted by Gasteiger charge is 2.30. The van der Waals surface area contributed by atoms with Gasteiger partial charge < -0.3 is 15.5 Å².